The lowest BCUT2D eigenvalue weighted by molar-refractivity contribution is -0.155. The number of likely N-dealkylation sites (tertiary alicyclic amines) is 1. The SMILES string of the molecule is N[C@@H](Cc1c[nH]c2ccccc12)C(=O)N[C@@H](Cc1c[nH]c2ccccc12)C(=O)N1CCC[C@H]1C(=O)OCc1ccccc1. The minimum Gasteiger partial charge on any atom is -0.459 e. The summed E-state index contributed by atoms with van der Waals surface area (Å²) in [6, 6.07) is 22.6. The number of para-hydroxylation sites is 2. The number of carbonyl (C=O) groups excluding carboxylic acids is 3. The number of ether oxygens (including phenoxy) is 1. The number of nitrogens with zero attached hydrogens (tertiary/aromatic N) is 1. The van der Waals surface area contributed by atoms with Crippen molar-refractivity contribution >= 4 is 39.6 Å². The number of amides is 2. The van der Waals surface area contributed by atoms with Crippen LogP contribution >= 0.6 is 0 Å². The highest BCUT2D eigenvalue weighted by Crippen LogP contribution is 2.24. The third kappa shape index (κ3) is 6.17. The maximum atomic E-state index is 14.1. The third-order valence-electron chi connectivity index (χ3n) is 8.20. The first-order valence-corrected chi connectivity index (χ1v) is 14.6. The van der Waals surface area contributed by atoms with Crippen molar-refractivity contribution in [3.05, 3.63) is 108 Å². The minimum atomic E-state index is -0.914. The summed E-state index contributed by atoms with van der Waals surface area (Å²) in [5.41, 5.74) is 11.0. The number of hydrogen-bond donors (Lipinski definition) is 4. The van der Waals surface area contributed by atoms with Gasteiger partial charge >= 0.3 is 5.97 Å². The normalized spacial score (nSPS) is 16.3. The van der Waals surface area contributed by atoms with Crippen molar-refractivity contribution in [2.75, 3.05) is 6.54 Å². The molecule has 220 valence electrons. The summed E-state index contributed by atoms with van der Waals surface area (Å²) in [5, 5.41) is 4.92. The molecule has 0 radical (unpaired) electrons. The van der Waals surface area contributed by atoms with Crippen molar-refractivity contribution < 1.29 is 19.1 Å². The van der Waals surface area contributed by atoms with E-state index in [2.05, 4.69) is 15.3 Å². The molecule has 9 heteroatoms. The molecule has 5 aromatic rings. The van der Waals surface area contributed by atoms with Crippen LogP contribution in [0.3, 0.4) is 0 Å². The largest absolute Gasteiger partial charge is 0.459 e. The lowest BCUT2D eigenvalue weighted by Crippen LogP contribution is -2.55. The Morgan fingerprint density at radius 1 is 0.860 bits per heavy atom. The molecule has 0 spiro atoms. The molecule has 3 aromatic carbocycles. The van der Waals surface area contributed by atoms with E-state index >= 15 is 0 Å². The van der Waals surface area contributed by atoms with E-state index in [-0.39, 0.29) is 18.9 Å². The number of H-pyrrole nitrogens is 2. The van der Waals surface area contributed by atoms with Crippen LogP contribution in [0.5, 0.6) is 0 Å². The van der Waals surface area contributed by atoms with Crippen LogP contribution in [0, 0.1) is 0 Å². The van der Waals surface area contributed by atoms with Gasteiger partial charge in [0.05, 0.1) is 6.04 Å². The summed E-state index contributed by atoms with van der Waals surface area (Å²) in [6.45, 7) is 0.544. The van der Waals surface area contributed by atoms with E-state index in [1.165, 1.54) is 0 Å². The molecule has 1 aliphatic rings. The zero-order chi connectivity index (χ0) is 29.8. The Morgan fingerprint density at radius 2 is 1.47 bits per heavy atom. The zero-order valence-corrected chi connectivity index (χ0v) is 23.8. The van der Waals surface area contributed by atoms with Gasteiger partial charge < -0.3 is 30.7 Å². The van der Waals surface area contributed by atoms with E-state index in [4.69, 9.17) is 10.5 Å². The van der Waals surface area contributed by atoms with E-state index in [1.807, 2.05) is 91.3 Å². The molecule has 1 saturated heterocycles. The predicted octanol–water partition coefficient (Wildman–Crippen LogP) is 3.98. The number of nitrogens with one attached hydrogen (secondary N) is 3. The molecule has 3 heterocycles. The van der Waals surface area contributed by atoms with Crippen molar-refractivity contribution in [1.82, 2.24) is 20.2 Å². The number of nitrogens with two attached hydrogens (primary N) is 1. The maximum absolute atomic E-state index is 14.1. The summed E-state index contributed by atoms with van der Waals surface area (Å²) in [4.78, 5) is 48.7. The van der Waals surface area contributed by atoms with Crippen molar-refractivity contribution in [3.8, 4) is 0 Å². The number of benzene rings is 3. The lowest BCUT2D eigenvalue weighted by atomic mass is 10.0. The summed E-state index contributed by atoms with van der Waals surface area (Å²) in [5.74, 6) is -1.19. The van der Waals surface area contributed by atoms with Crippen molar-refractivity contribution in [3.63, 3.8) is 0 Å². The second kappa shape index (κ2) is 12.5. The highest BCUT2D eigenvalue weighted by atomic mass is 16.5. The smallest absolute Gasteiger partial charge is 0.329 e. The van der Waals surface area contributed by atoms with Gasteiger partial charge in [-0.2, -0.15) is 0 Å². The second-order valence-electron chi connectivity index (χ2n) is 11.1. The average molecular weight is 578 g/mol. The number of aromatic amines is 2. The number of fused-ring (bicyclic) bond motifs is 2. The van der Waals surface area contributed by atoms with Crippen LogP contribution < -0.4 is 11.1 Å². The fourth-order valence-corrected chi connectivity index (χ4v) is 5.93. The van der Waals surface area contributed by atoms with E-state index in [0.717, 1.165) is 38.5 Å². The Morgan fingerprint density at radius 3 is 2.14 bits per heavy atom. The van der Waals surface area contributed by atoms with Gasteiger partial charge in [-0.25, -0.2) is 4.79 Å². The molecule has 2 amide bonds. The molecule has 0 aliphatic carbocycles. The fraction of sp³-hybridized carbons (Fsp3) is 0.265. The molecule has 0 bridgehead atoms. The van der Waals surface area contributed by atoms with Gasteiger partial charge in [-0.15, -0.1) is 0 Å². The van der Waals surface area contributed by atoms with Crippen LogP contribution in [0.4, 0.5) is 0 Å². The Bertz CT molecular complexity index is 1740. The fourth-order valence-electron chi connectivity index (χ4n) is 5.93. The molecule has 5 N–H and O–H groups in total. The second-order valence-corrected chi connectivity index (χ2v) is 11.1. The first-order chi connectivity index (χ1) is 21.0. The Kier molecular flexibility index (Phi) is 8.24. The highest BCUT2D eigenvalue weighted by molar-refractivity contribution is 5.94. The molecule has 2 aromatic heterocycles. The van der Waals surface area contributed by atoms with E-state index in [9.17, 15) is 14.4 Å². The number of aromatic nitrogens is 2. The molecule has 1 fully saturated rings. The van der Waals surface area contributed by atoms with E-state index in [1.54, 1.807) is 4.90 Å². The Hall–Kier alpha value is -4.89. The van der Waals surface area contributed by atoms with Gasteiger partial charge in [0, 0.05) is 47.2 Å². The van der Waals surface area contributed by atoms with Crippen molar-refractivity contribution in [2.45, 2.75) is 50.4 Å². The number of esters is 1. The van der Waals surface area contributed by atoms with Gasteiger partial charge in [-0.1, -0.05) is 66.7 Å². The van der Waals surface area contributed by atoms with E-state index in [0.29, 0.717) is 25.8 Å². The summed E-state index contributed by atoms with van der Waals surface area (Å²) >= 11 is 0. The number of hydrogen-bond acceptors (Lipinski definition) is 5. The van der Waals surface area contributed by atoms with Crippen molar-refractivity contribution in [2.24, 2.45) is 5.73 Å². The molecular weight excluding hydrogens is 542 g/mol. The Balaban J connectivity index is 1.20. The summed E-state index contributed by atoms with van der Waals surface area (Å²) in [6.07, 6.45) is 5.46. The molecule has 43 heavy (non-hydrogen) atoms. The van der Waals surface area contributed by atoms with Crippen LogP contribution in [0.15, 0.2) is 91.3 Å². The maximum Gasteiger partial charge on any atom is 0.329 e. The Labute approximate surface area is 249 Å². The predicted molar refractivity (Wildman–Crippen MR) is 165 cm³/mol. The van der Waals surface area contributed by atoms with Gasteiger partial charge in [0.15, 0.2) is 0 Å². The lowest BCUT2D eigenvalue weighted by Gasteiger charge is -2.29. The molecule has 1 aliphatic heterocycles. The van der Waals surface area contributed by atoms with Gasteiger partial charge in [0.25, 0.3) is 0 Å². The third-order valence-corrected chi connectivity index (χ3v) is 8.20. The standard InChI is InChI=1S/C34H35N5O4/c35-27(17-23-19-36-28-13-6-4-11-25(23)28)32(40)38-30(18-24-20-37-29-14-7-5-12-26(24)29)33(41)39-16-8-15-31(39)34(42)43-21-22-9-2-1-3-10-22/h1-7,9-14,19-20,27,30-31,36-37H,8,15-18,21,35H2,(H,38,40)/t27-,30-,31-/m0/s1. The van der Waals surface area contributed by atoms with E-state index < -0.39 is 30.0 Å². The monoisotopic (exact) mass is 577 g/mol. The number of carbonyl (C=O) groups is 3. The summed E-state index contributed by atoms with van der Waals surface area (Å²) in [7, 11) is 0. The minimum absolute atomic E-state index is 0.135. The van der Waals surface area contributed by atoms with Crippen LogP contribution in [-0.4, -0.2) is 57.3 Å². The van der Waals surface area contributed by atoms with Crippen LogP contribution in [0.25, 0.3) is 21.8 Å². The molecule has 0 unspecified atom stereocenters. The first kappa shape index (κ1) is 28.2. The number of rotatable bonds is 10. The van der Waals surface area contributed by atoms with Crippen LogP contribution in [-0.2, 0) is 38.6 Å². The molecular formula is C34H35N5O4. The highest BCUT2D eigenvalue weighted by Gasteiger charge is 2.39. The molecule has 6 rings (SSSR count). The van der Waals surface area contributed by atoms with Crippen LogP contribution in [0.2, 0.25) is 0 Å². The summed E-state index contributed by atoms with van der Waals surface area (Å²) < 4.78 is 5.60. The quantitative estimate of drug-likeness (QED) is 0.186. The topological polar surface area (TPSA) is 133 Å². The van der Waals surface area contributed by atoms with Crippen LogP contribution in [0.1, 0.15) is 29.5 Å². The van der Waals surface area contributed by atoms with Gasteiger partial charge in [-0.3, -0.25) is 9.59 Å². The first-order valence-electron chi connectivity index (χ1n) is 14.6. The van der Waals surface area contributed by atoms with Gasteiger partial charge in [0.1, 0.15) is 18.7 Å². The molecule has 0 saturated carbocycles. The zero-order valence-electron chi connectivity index (χ0n) is 23.8. The molecule has 3 atom stereocenters. The van der Waals surface area contributed by atoms with Crippen molar-refractivity contribution in [1.29, 1.82) is 0 Å². The van der Waals surface area contributed by atoms with Gasteiger partial charge in [-0.05, 0) is 48.1 Å². The average Bonchev–Trinajstić information content (AvgIpc) is 3.79. The van der Waals surface area contributed by atoms with Gasteiger partial charge in [0.2, 0.25) is 11.8 Å². The molecule has 9 nitrogen and oxygen atoms in total.